The second kappa shape index (κ2) is 2.71. The predicted octanol–water partition coefficient (Wildman–Crippen LogP) is 1.69. The van der Waals surface area contributed by atoms with Crippen LogP contribution in [0.2, 0.25) is 0 Å². The first-order chi connectivity index (χ1) is 5.77. The zero-order valence-electron chi connectivity index (χ0n) is 6.04. The topological polar surface area (TPSA) is 45.8 Å². The number of rotatable bonds is 0. The first-order valence-electron chi connectivity index (χ1n) is 3.41. The van der Waals surface area contributed by atoms with Crippen molar-refractivity contribution in [2.24, 2.45) is 0 Å². The summed E-state index contributed by atoms with van der Waals surface area (Å²) in [5, 5.41) is 0.914. The molecule has 0 unspecified atom stereocenters. The number of aromatic nitrogens is 2. The highest BCUT2D eigenvalue weighted by molar-refractivity contribution is 9.10. The van der Waals surface area contributed by atoms with Gasteiger partial charge >= 0.3 is 5.69 Å². The van der Waals surface area contributed by atoms with Crippen LogP contribution in [0.15, 0.2) is 33.7 Å². The van der Waals surface area contributed by atoms with Crippen LogP contribution in [0.3, 0.4) is 0 Å². The highest BCUT2D eigenvalue weighted by Gasteiger charge is 1.97. The van der Waals surface area contributed by atoms with Gasteiger partial charge in [-0.25, -0.2) is 9.78 Å². The minimum atomic E-state index is -0.319. The Balaban J connectivity index is 2.96. The first-order valence-corrected chi connectivity index (χ1v) is 4.20. The van der Waals surface area contributed by atoms with Crippen molar-refractivity contribution in [1.82, 2.24) is 9.97 Å². The monoisotopic (exact) mass is 224 g/mol. The molecule has 0 aliphatic rings. The molecule has 12 heavy (non-hydrogen) atoms. The quantitative estimate of drug-likeness (QED) is 0.741. The van der Waals surface area contributed by atoms with Crippen molar-refractivity contribution >= 4 is 26.8 Å². The molecule has 1 aromatic carbocycles. The lowest BCUT2D eigenvalue weighted by Crippen LogP contribution is -2.08. The fourth-order valence-corrected chi connectivity index (χ4v) is 1.52. The maximum absolute atomic E-state index is 10.8. The molecule has 1 heterocycles. The molecule has 0 fully saturated rings. The van der Waals surface area contributed by atoms with Crippen molar-refractivity contribution in [3.8, 4) is 0 Å². The average molecular weight is 225 g/mol. The smallest absolute Gasteiger partial charge is 0.305 e. The van der Waals surface area contributed by atoms with Gasteiger partial charge in [0.15, 0.2) is 0 Å². The van der Waals surface area contributed by atoms with Crippen LogP contribution in [-0.2, 0) is 0 Å². The summed E-state index contributed by atoms with van der Waals surface area (Å²) in [6.07, 6.45) is 1.55. The molecule has 1 N–H and O–H groups in total. The molecule has 0 aliphatic heterocycles. The number of benzene rings is 1. The van der Waals surface area contributed by atoms with E-state index in [-0.39, 0.29) is 5.69 Å². The minimum absolute atomic E-state index is 0.319. The first kappa shape index (κ1) is 7.49. The molecule has 0 bridgehead atoms. The molecule has 1 aromatic heterocycles. The van der Waals surface area contributed by atoms with Gasteiger partial charge in [0.2, 0.25) is 0 Å². The number of halogens is 1. The van der Waals surface area contributed by atoms with Crippen LogP contribution in [-0.4, -0.2) is 9.97 Å². The van der Waals surface area contributed by atoms with Crippen LogP contribution in [0, 0.1) is 0 Å². The van der Waals surface area contributed by atoms with E-state index in [1.54, 1.807) is 6.20 Å². The van der Waals surface area contributed by atoms with Crippen LogP contribution < -0.4 is 5.69 Å². The van der Waals surface area contributed by atoms with Crippen molar-refractivity contribution in [2.75, 3.05) is 0 Å². The molecule has 0 atom stereocenters. The molecule has 0 radical (unpaired) electrons. The third kappa shape index (κ3) is 1.14. The minimum Gasteiger partial charge on any atom is -0.305 e. The van der Waals surface area contributed by atoms with E-state index in [0.717, 1.165) is 15.4 Å². The maximum atomic E-state index is 10.8. The van der Waals surface area contributed by atoms with Gasteiger partial charge in [0.05, 0.1) is 5.52 Å². The van der Waals surface area contributed by atoms with Crippen molar-refractivity contribution in [3.63, 3.8) is 0 Å². The Morgan fingerprint density at radius 2 is 2.25 bits per heavy atom. The summed E-state index contributed by atoms with van der Waals surface area (Å²) in [6.45, 7) is 0. The van der Waals surface area contributed by atoms with Crippen molar-refractivity contribution in [2.45, 2.75) is 0 Å². The molecule has 0 aliphatic carbocycles. The van der Waals surface area contributed by atoms with E-state index >= 15 is 0 Å². The Hall–Kier alpha value is -1.16. The third-order valence-corrected chi connectivity index (χ3v) is 2.30. The molecule has 0 saturated carbocycles. The fourth-order valence-electron chi connectivity index (χ4n) is 1.05. The van der Waals surface area contributed by atoms with E-state index in [9.17, 15) is 4.79 Å². The van der Waals surface area contributed by atoms with E-state index in [1.807, 2.05) is 18.2 Å². The van der Waals surface area contributed by atoms with Crippen LogP contribution in [0.5, 0.6) is 0 Å². The SMILES string of the molecule is O=c1ncc2c(Br)cccc2[nH]1. The van der Waals surface area contributed by atoms with Crippen LogP contribution in [0.25, 0.3) is 10.9 Å². The summed E-state index contributed by atoms with van der Waals surface area (Å²) in [6, 6.07) is 5.61. The molecule has 60 valence electrons. The standard InChI is InChI=1S/C8H5BrN2O/c9-6-2-1-3-7-5(6)4-10-8(12)11-7/h1-4H,(H,10,11,12). The molecule has 4 heteroatoms. The van der Waals surface area contributed by atoms with Gasteiger partial charge in [-0.2, -0.15) is 0 Å². The van der Waals surface area contributed by atoms with Gasteiger partial charge in [0.25, 0.3) is 0 Å². The molecule has 2 aromatic rings. The zero-order valence-corrected chi connectivity index (χ0v) is 7.63. The van der Waals surface area contributed by atoms with Gasteiger partial charge < -0.3 is 4.98 Å². The van der Waals surface area contributed by atoms with Crippen LogP contribution in [0.1, 0.15) is 0 Å². The lowest BCUT2D eigenvalue weighted by atomic mass is 10.2. The van der Waals surface area contributed by atoms with Crippen molar-refractivity contribution < 1.29 is 0 Å². The summed E-state index contributed by atoms with van der Waals surface area (Å²) in [4.78, 5) is 17.1. The highest BCUT2D eigenvalue weighted by atomic mass is 79.9. The fraction of sp³-hybridized carbons (Fsp3) is 0. The summed E-state index contributed by atoms with van der Waals surface area (Å²) in [5.74, 6) is 0. The molecule has 0 amide bonds. The number of hydrogen-bond donors (Lipinski definition) is 1. The predicted molar refractivity (Wildman–Crippen MR) is 50.1 cm³/mol. The molecular weight excluding hydrogens is 220 g/mol. The average Bonchev–Trinajstić information content (AvgIpc) is 2.04. The van der Waals surface area contributed by atoms with Gasteiger partial charge in [0, 0.05) is 16.1 Å². The molecule has 0 spiro atoms. The van der Waals surface area contributed by atoms with Crippen molar-refractivity contribution in [1.29, 1.82) is 0 Å². The Bertz CT molecular complexity index is 478. The Labute approximate surface area is 76.6 Å². The Morgan fingerprint density at radius 3 is 3.08 bits per heavy atom. The number of aromatic amines is 1. The summed E-state index contributed by atoms with van der Waals surface area (Å²) in [7, 11) is 0. The lowest BCUT2D eigenvalue weighted by Gasteiger charge is -1.96. The Morgan fingerprint density at radius 1 is 1.42 bits per heavy atom. The van der Waals surface area contributed by atoms with Gasteiger partial charge in [-0.15, -0.1) is 0 Å². The van der Waals surface area contributed by atoms with E-state index < -0.39 is 0 Å². The molecule has 2 rings (SSSR count). The van der Waals surface area contributed by atoms with Gasteiger partial charge in [-0.1, -0.05) is 22.0 Å². The third-order valence-electron chi connectivity index (χ3n) is 1.61. The van der Waals surface area contributed by atoms with Crippen LogP contribution >= 0.6 is 15.9 Å². The maximum Gasteiger partial charge on any atom is 0.345 e. The normalized spacial score (nSPS) is 10.4. The van der Waals surface area contributed by atoms with Crippen LogP contribution in [0.4, 0.5) is 0 Å². The van der Waals surface area contributed by atoms with E-state index in [4.69, 9.17) is 0 Å². The summed E-state index contributed by atoms with van der Waals surface area (Å²) < 4.78 is 0.934. The number of nitrogens with zero attached hydrogens (tertiary/aromatic N) is 1. The summed E-state index contributed by atoms with van der Waals surface area (Å²) >= 11 is 3.36. The number of fused-ring (bicyclic) bond motifs is 1. The largest absolute Gasteiger partial charge is 0.345 e. The van der Waals surface area contributed by atoms with E-state index in [1.165, 1.54) is 0 Å². The van der Waals surface area contributed by atoms with E-state index in [2.05, 4.69) is 25.9 Å². The number of hydrogen-bond acceptors (Lipinski definition) is 2. The molecule has 0 saturated heterocycles. The lowest BCUT2D eigenvalue weighted by molar-refractivity contribution is 1.12. The Kier molecular flexibility index (Phi) is 1.69. The number of nitrogens with one attached hydrogen (secondary N) is 1. The van der Waals surface area contributed by atoms with E-state index in [0.29, 0.717) is 0 Å². The molecule has 3 nitrogen and oxygen atoms in total. The number of H-pyrrole nitrogens is 1. The van der Waals surface area contributed by atoms with Gasteiger partial charge in [0.1, 0.15) is 0 Å². The summed E-state index contributed by atoms with van der Waals surface area (Å²) in [5.41, 5.74) is 0.477. The van der Waals surface area contributed by atoms with Gasteiger partial charge in [-0.3, -0.25) is 0 Å². The highest BCUT2D eigenvalue weighted by Crippen LogP contribution is 2.19. The second-order valence-electron chi connectivity index (χ2n) is 2.39. The van der Waals surface area contributed by atoms with Gasteiger partial charge in [-0.05, 0) is 12.1 Å². The zero-order chi connectivity index (χ0) is 8.55. The molecular formula is C8H5BrN2O. The van der Waals surface area contributed by atoms with Crippen molar-refractivity contribution in [3.05, 3.63) is 39.4 Å². The second-order valence-corrected chi connectivity index (χ2v) is 3.24.